The summed E-state index contributed by atoms with van der Waals surface area (Å²) in [6.45, 7) is 9.12. The van der Waals surface area contributed by atoms with E-state index in [4.69, 9.17) is 9.26 Å². The first-order chi connectivity index (χ1) is 35.4. The Bertz CT molecular complexity index is 2930. The SMILES string of the molecule is Cc1cc(C(C(=O)N2C[C@H](O)C[C@H]2C(=O)NCc2ccc(Br)cc2OC2CCN(C(=O)CCC(=O)N3CC(C(c4ccccc4)n4cc(NC(=O)c5n[nH]c6c5C[C@@H]5C(F)(F)[C@]5(C)C6)cn4)C3)CC2)C(C)C)on1. The van der Waals surface area contributed by atoms with Crippen LogP contribution in [0.15, 0.2) is 76.0 Å². The minimum atomic E-state index is -2.78. The minimum Gasteiger partial charge on any atom is -0.490 e. The molecule has 5 aromatic rings. The number of aliphatic hydroxyl groups excluding tert-OH is 1. The van der Waals surface area contributed by atoms with Gasteiger partial charge in [-0.1, -0.05) is 78.3 Å². The van der Waals surface area contributed by atoms with Crippen molar-refractivity contribution in [2.75, 3.05) is 38.0 Å². The van der Waals surface area contributed by atoms with Gasteiger partial charge in [-0.15, -0.1) is 0 Å². The van der Waals surface area contributed by atoms with Crippen molar-refractivity contribution in [3.63, 3.8) is 0 Å². The Morgan fingerprint density at radius 3 is 2.43 bits per heavy atom. The van der Waals surface area contributed by atoms with Gasteiger partial charge in [-0.2, -0.15) is 10.2 Å². The van der Waals surface area contributed by atoms with Gasteiger partial charge in [-0.05, 0) is 37.0 Å². The molecule has 21 heteroatoms. The van der Waals surface area contributed by atoms with Crippen molar-refractivity contribution >= 4 is 51.2 Å². The maximum absolute atomic E-state index is 14.5. The minimum absolute atomic E-state index is 0.00433. The number of likely N-dealkylation sites (tertiary alicyclic amines) is 3. The number of aliphatic hydroxyl groups is 1. The molecule has 6 atom stereocenters. The number of amides is 5. The number of rotatable bonds is 16. The number of hydrogen-bond donors (Lipinski definition) is 4. The summed E-state index contributed by atoms with van der Waals surface area (Å²) < 4.78 is 43.6. The van der Waals surface area contributed by atoms with E-state index in [1.807, 2.05) is 62.4 Å². The molecule has 3 aliphatic heterocycles. The number of ether oxygens (including phenoxy) is 1. The zero-order valence-electron chi connectivity index (χ0n) is 41.7. The Balaban J connectivity index is 0.686. The highest BCUT2D eigenvalue weighted by molar-refractivity contribution is 9.10. The van der Waals surface area contributed by atoms with Crippen molar-refractivity contribution in [3.8, 4) is 5.75 Å². The number of aryl methyl sites for hydroxylation is 1. The van der Waals surface area contributed by atoms with Crippen LogP contribution in [0.5, 0.6) is 5.75 Å². The first kappa shape index (κ1) is 51.0. The number of carbonyl (C=O) groups excluding carboxylic acids is 5. The van der Waals surface area contributed by atoms with Crippen molar-refractivity contribution < 1.29 is 47.1 Å². The number of anilines is 1. The van der Waals surface area contributed by atoms with Crippen LogP contribution in [0.2, 0.25) is 0 Å². The number of benzene rings is 2. The van der Waals surface area contributed by atoms with E-state index in [0.717, 1.165) is 15.6 Å². The van der Waals surface area contributed by atoms with Gasteiger partial charge < -0.3 is 39.7 Å². The number of nitrogens with zero attached hydrogens (tertiary/aromatic N) is 7. The first-order valence-electron chi connectivity index (χ1n) is 25.4. The molecule has 74 heavy (non-hydrogen) atoms. The molecular weight excluding hydrogens is 1020 g/mol. The average Bonchev–Trinajstić information content (AvgIpc) is 4.08. The quantitative estimate of drug-likeness (QED) is 0.0871. The third kappa shape index (κ3) is 9.96. The van der Waals surface area contributed by atoms with Gasteiger partial charge in [0.25, 0.3) is 11.8 Å². The van der Waals surface area contributed by atoms with E-state index >= 15 is 0 Å². The van der Waals surface area contributed by atoms with Gasteiger partial charge in [-0.3, -0.25) is 33.8 Å². The van der Waals surface area contributed by atoms with Crippen LogP contribution in [0, 0.1) is 30.1 Å². The summed E-state index contributed by atoms with van der Waals surface area (Å²) in [6, 6.07) is 15.9. The number of piperidine rings is 1. The molecule has 3 aromatic heterocycles. The third-order valence-electron chi connectivity index (χ3n) is 15.9. The number of aromatic amines is 1. The Morgan fingerprint density at radius 2 is 1.73 bits per heavy atom. The van der Waals surface area contributed by atoms with Crippen molar-refractivity contribution in [1.82, 2.24) is 45.2 Å². The highest BCUT2D eigenvalue weighted by Crippen LogP contribution is 2.70. The number of fused-ring (bicyclic) bond motifs is 2. The van der Waals surface area contributed by atoms with Crippen LogP contribution < -0.4 is 15.4 Å². The Morgan fingerprint density at radius 1 is 1.00 bits per heavy atom. The van der Waals surface area contributed by atoms with Gasteiger partial charge in [0.1, 0.15) is 29.6 Å². The maximum Gasteiger partial charge on any atom is 0.276 e. The summed E-state index contributed by atoms with van der Waals surface area (Å²) in [4.78, 5) is 72.9. The second-order valence-electron chi connectivity index (χ2n) is 21.2. The number of alkyl halides is 2. The summed E-state index contributed by atoms with van der Waals surface area (Å²) in [5, 5.41) is 32.0. The Kier molecular flexibility index (Phi) is 14.0. The van der Waals surface area contributed by atoms with Crippen LogP contribution in [-0.4, -0.2) is 131 Å². The van der Waals surface area contributed by atoms with Gasteiger partial charge in [0.05, 0.1) is 29.7 Å². The lowest BCUT2D eigenvalue weighted by atomic mass is 9.86. The molecule has 2 aliphatic carbocycles. The fourth-order valence-electron chi connectivity index (χ4n) is 11.5. The molecule has 0 bridgehead atoms. The molecule has 0 spiro atoms. The topological polar surface area (TPSA) is 221 Å². The van der Waals surface area contributed by atoms with E-state index in [9.17, 15) is 37.9 Å². The van der Waals surface area contributed by atoms with Crippen molar-refractivity contribution in [1.29, 1.82) is 0 Å². The summed E-state index contributed by atoms with van der Waals surface area (Å²) in [6.07, 6.45) is 3.82. The number of carbonyl (C=O) groups is 5. The maximum atomic E-state index is 14.5. The smallest absolute Gasteiger partial charge is 0.276 e. The zero-order valence-corrected chi connectivity index (χ0v) is 43.3. The standard InChI is InChI=1S/C53H61BrF2N10O8/c1-29(2)46(42-18-30(3)62-74-42)51(72)65-28-36(67)20-40(65)49(70)57-23-32-10-11-34(54)19-41(32)73-37-14-16-63(17-15-37)44(68)12-13-45(69)64-25-33(26-64)48(31-8-6-5-7-9-31)66-27-35(24-58-66)59-50(71)47-38-21-43-52(4,53(43,55)56)22-39(38)60-61-47/h5-11,18-19,24,27,29,33,36-37,40,43,46,48,67H,12-17,20-23,25-26,28H2,1-4H3,(H,57,70)(H,59,71)(H,60,61)/t36-,40+,43+,46?,48?,52-/m1/s1. The Hall–Kier alpha value is -6.48. The normalized spacial score (nSPS) is 23.1. The summed E-state index contributed by atoms with van der Waals surface area (Å²) in [5.74, 6) is -4.81. The summed E-state index contributed by atoms with van der Waals surface area (Å²) >= 11 is 3.54. The average molecular weight is 1080 g/mol. The van der Waals surface area contributed by atoms with E-state index in [-0.39, 0.29) is 98.5 Å². The van der Waals surface area contributed by atoms with Crippen LogP contribution in [0.1, 0.15) is 109 Å². The molecular formula is C53H61BrF2N10O8. The van der Waals surface area contributed by atoms with Gasteiger partial charge in [-0.25, -0.2) is 8.78 Å². The number of halogens is 3. The largest absolute Gasteiger partial charge is 0.490 e. The second-order valence-corrected chi connectivity index (χ2v) is 22.2. The predicted molar refractivity (Wildman–Crippen MR) is 268 cm³/mol. The third-order valence-corrected chi connectivity index (χ3v) is 16.4. The predicted octanol–water partition coefficient (Wildman–Crippen LogP) is 6.20. The molecule has 5 amide bonds. The van der Waals surface area contributed by atoms with Crippen LogP contribution in [-0.2, 0) is 38.6 Å². The van der Waals surface area contributed by atoms with E-state index in [1.54, 1.807) is 40.6 Å². The molecule has 3 saturated heterocycles. The zero-order chi connectivity index (χ0) is 52.2. The molecule has 392 valence electrons. The molecule has 5 aliphatic rings. The Labute approximate surface area is 435 Å². The molecule has 2 unspecified atom stereocenters. The second kappa shape index (κ2) is 20.3. The fraction of sp³-hybridized carbons (Fsp3) is 0.509. The van der Waals surface area contributed by atoms with Crippen LogP contribution in [0.3, 0.4) is 0 Å². The van der Waals surface area contributed by atoms with Gasteiger partial charge >= 0.3 is 0 Å². The molecule has 1 saturated carbocycles. The van der Waals surface area contributed by atoms with Crippen molar-refractivity contribution in [2.24, 2.45) is 23.2 Å². The first-order valence-corrected chi connectivity index (χ1v) is 26.2. The molecule has 4 N–H and O–H groups in total. The number of H-pyrrole nitrogens is 1. The summed E-state index contributed by atoms with van der Waals surface area (Å²) in [7, 11) is 0. The molecule has 6 heterocycles. The van der Waals surface area contributed by atoms with Crippen LogP contribution in [0.25, 0.3) is 0 Å². The van der Waals surface area contributed by atoms with Gasteiger partial charge in [0.2, 0.25) is 23.6 Å². The molecule has 18 nitrogen and oxygen atoms in total. The number of nitrogens with one attached hydrogen (secondary N) is 3. The van der Waals surface area contributed by atoms with Gasteiger partial charge in [0.15, 0.2) is 5.69 Å². The van der Waals surface area contributed by atoms with Crippen molar-refractivity contribution in [3.05, 3.63) is 111 Å². The van der Waals surface area contributed by atoms with E-state index in [0.29, 0.717) is 73.2 Å². The molecule has 10 rings (SSSR count). The number of hydrogen-bond acceptors (Lipinski definition) is 11. The fourth-order valence-corrected chi connectivity index (χ4v) is 11.9. The van der Waals surface area contributed by atoms with E-state index in [2.05, 4.69) is 47.0 Å². The number of aromatic nitrogens is 5. The molecule has 2 aromatic carbocycles. The van der Waals surface area contributed by atoms with Crippen LogP contribution >= 0.6 is 15.9 Å². The lowest BCUT2D eigenvalue weighted by Crippen LogP contribution is -2.53. The van der Waals surface area contributed by atoms with Gasteiger partial charge in [0, 0.05) is 129 Å². The monoisotopic (exact) mass is 1080 g/mol. The highest BCUT2D eigenvalue weighted by Gasteiger charge is 2.78. The molecule has 4 fully saturated rings. The lowest BCUT2D eigenvalue weighted by Gasteiger charge is -2.43. The van der Waals surface area contributed by atoms with Crippen LogP contribution in [0.4, 0.5) is 14.5 Å². The van der Waals surface area contributed by atoms with E-state index < -0.39 is 41.2 Å². The summed E-state index contributed by atoms with van der Waals surface area (Å²) in [5.41, 5.74) is 2.87. The van der Waals surface area contributed by atoms with E-state index in [1.165, 1.54) is 11.1 Å². The lowest BCUT2D eigenvalue weighted by molar-refractivity contribution is -0.142. The highest BCUT2D eigenvalue weighted by atomic mass is 79.9. The number of β-amino-alcohol motifs (C(OH)–C–C–N with tert-alkyl or cyclic N) is 1. The van der Waals surface area contributed by atoms with Crippen molar-refractivity contribution in [2.45, 2.75) is 115 Å². The molecule has 0 radical (unpaired) electrons.